The zero-order valence-corrected chi connectivity index (χ0v) is 16.9. The van der Waals surface area contributed by atoms with Gasteiger partial charge in [-0.2, -0.15) is 0 Å². The first-order chi connectivity index (χ1) is 11.0. The van der Waals surface area contributed by atoms with E-state index in [4.69, 9.17) is 12.2 Å². The number of anilines is 1. The van der Waals surface area contributed by atoms with Crippen LogP contribution in [0.2, 0.25) is 0 Å². The van der Waals surface area contributed by atoms with Gasteiger partial charge in [0.25, 0.3) is 5.91 Å². The van der Waals surface area contributed by atoms with Gasteiger partial charge in [-0.05, 0) is 74.4 Å². The predicted octanol–water partition coefficient (Wildman–Crippen LogP) is 5.17. The van der Waals surface area contributed by atoms with Crippen molar-refractivity contribution in [2.24, 2.45) is 0 Å². The smallest absolute Gasteiger partial charge is 0.270 e. The molecule has 1 N–H and O–H groups in total. The number of hydrogen-bond acceptors (Lipinski definition) is 4. The number of carbonyl (C=O) groups is 1. The molecule has 0 atom stereocenters. The zero-order valence-electron chi connectivity index (χ0n) is 11.5. The van der Waals surface area contributed by atoms with Crippen molar-refractivity contribution >= 4 is 84.5 Å². The lowest BCUT2D eigenvalue weighted by atomic mass is 10.2. The normalized spacial score (nSPS) is 16.4. The van der Waals surface area contributed by atoms with Crippen molar-refractivity contribution in [2.75, 3.05) is 4.90 Å². The van der Waals surface area contributed by atoms with E-state index < -0.39 is 0 Å². The molecule has 0 aromatic heterocycles. The summed E-state index contributed by atoms with van der Waals surface area (Å²) in [5.74, 6) is 0.0602. The fourth-order valence-electron chi connectivity index (χ4n) is 2.09. The van der Waals surface area contributed by atoms with Crippen molar-refractivity contribution in [3.05, 3.63) is 61.0 Å². The molecule has 1 fully saturated rings. The maximum Gasteiger partial charge on any atom is 0.270 e. The van der Waals surface area contributed by atoms with Gasteiger partial charge in [0.2, 0.25) is 0 Å². The second-order valence-corrected chi connectivity index (χ2v) is 8.38. The van der Waals surface area contributed by atoms with Crippen LogP contribution in [0.3, 0.4) is 0 Å². The first kappa shape index (κ1) is 16.9. The number of aromatic hydroxyl groups is 1. The second kappa shape index (κ2) is 6.92. The van der Waals surface area contributed by atoms with E-state index in [-0.39, 0.29) is 11.7 Å². The van der Waals surface area contributed by atoms with Crippen LogP contribution in [0.25, 0.3) is 6.08 Å². The third-order valence-corrected chi connectivity index (χ3v) is 5.87. The Balaban J connectivity index is 1.96. The molecule has 2 aromatic carbocycles. The highest BCUT2D eigenvalue weighted by molar-refractivity contribution is 14.1. The molecule has 0 bridgehead atoms. The number of thiocarbonyl (C=S) groups is 1. The maximum absolute atomic E-state index is 12.6. The highest BCUT2D eigenvalue weighted by Gasteiger charge is 2.33. The van der Waals surface area contributed by atoms with Gasteiger partial charge in [-0.25, -0.2) is 0 Å². The number of benzene rings is 2. The molecule has 0 unspecified atom stereocenters. The Hall–Kier alpha value is -0.900. The number of hydrogen-bond donors (Lipinski definition) is 1. The van der Waals surface area contributed by atoms with Crippen LogP contribution >= 0.6 is 62.5 Å². The van der Waals surface area contributed by atoms with E-state index in [1.54, 1.807) is 12.1 Å². The molecule has 7 heteroatoms. The lowest BCUT2D eigenvalue weighted by Crippen LogP contribution is -2.27. The van der Waals surface area contributed by atoms with Gasteiger partial charge in [-0.3, -0.25) is 9.69 Å². The van der Waals surface area contributed by atoms with Crippen LogP contribution in [0.4, 0.5) is 5.69 Å². The molecule has 3 rings (SSSR count). The number of rotatable bonds is 2. The molecule has 1 aliphatic heterocycles. The van der Waals surface area contributed by atoms with Crippen molar-refractivity contribution in [3.8, 4) is 5.75 Å². The first-order valence-electron chi connectivity index (χ1n) is 6.48. The number of phenolic OH excluding ortho intramolecular Hbond substituents is 1. The summed E-state index contributed by atoms with van der Waals surface area (Å²) in [5.41, 5.74) is 1.59. The highest BCUT2D eigenvalue weighted by Crippen LogP contribution is 2.37. The van der Waals surface area contributed by atoms with Gasteiger partial charge in [-0.1, -0.05) is 42.2 Å². The summed E-state index contributed by atoms with van der Waals surface area (Å²) in [6.45, 7) is 0. The number of phenols is 1. The molecule has 1 aliphatic rings. The fourth-order valence-corrected chi connectivity index (χ4v) is 4.88. The number of para-hydroxylation sites is 1. The quantitative estimate of drug-likeness (QED) is 0.339. The van der Waals surface area contributed by atoms with Crippen LogP contribution in [0.15, 0.2) is 51.8 Å². The summed E-state index contributed by atoms with van der Waals surface area (Å²) < 4.78 is 1.82. The summed E-state index contributed by atoms with van der Waals surface area (Å²) in [6.07, 6.45) is 1.79. The molecule has 1 saturated heterocycles. The van der Waals surface area contributed by atoms with Crippen LogP contribution in [0, 0.1) is 3.57 Å². The Labute approximate surface area is 165 Å². The molecular weight excluding hydrogens is 509 g/mol. The third kappa shape index (κ3) is 3.47. The Morgan fingerprint density at radius 3 is 2.61 bits per heavy atom. The average Bonchev–Trinajstić information content (AvgIpc) is 2.80. The maximum atomic E-state index is 12.6. The molecule has 2 aromatic rings. The van der Waals surface area contributed by atoms with E-state index in [1.165, 1.54) is 16.7 Å². The standard InChI is InChI=1S/C16H9BrINO2S2/c17-11-6-9(7-12(18)14(11)20)8-13-15(21)19(16(22)23-13)10-4-2-1-3-5-10/h1-8,20H/b13-8+. The minimum absolute atomic E-state index is 0.134. The number of carbonyl (C=O) groups excluding carboxylic acids is 1. The van der Waals surface area contributed by atoms with Crippen LogP contribution in [0.5, 0.6) is 5.75 Å². The summed E-state index contributed by atoms with van der Waals surface area (Å²) in [6, 6.07) is 12.9. The van der Waals surface area contributed by atoms with E-state index in [2.05, 4.69) is 15.9 Å². The van der Waals surface area contributed by atoms with Gasteiger partial charge in [0, 0.05) is 0 Å². The van der Waals surface area contributed by atoms with E-state index in [0.29, 0.717) is 17.3 Å². The number of thioether (sulfide) groups is 1. The molecule has 1 amide bonds. The lowest BCUT2D eigenvalue weighted by molar-refractivity contribution is -0.113. The lowest BCUT2D eigenvalue weighted by Gasteiger charge is -2.13. The first-order valence-corrected chi connectivity index (χ1v) is 9.58. The molecule has 0 aliphatic carbocycles. The van der Waals surface area contributed by atoms with Crippen molar-refractivity contribution in [1.29, 1.82) is 0 Å². The fraction of sp³-hybridized carbons (Fsp3) is 0. The summed E-state index contributed by atoms with van der Waals surface area (Å²) >= 11 is 12.0. The van der Waals surface area contributed by atoms with E-state index in [1.807, 2.05) is 59.0 Å². The summed E-state index contributed by atoms with van der Waals surface area (Å²) in [5, 5.41) is 9.80. The van der Waals surface area contributed by atoms with E-state index in [0.717, 1.165) is 11.3 Å². The molecular formula is C16H9BrINO2S2. The van der Waals surface area contributed by atoms with Gasteiger partial charge in [0.05, 0.1) is 18.6 Å². The number of halogens is 2. The van der Waals surface area contributed by atoms with Gasteiger partial charge >= 0.3 is 0 Å². The molecule has 1 heterocycles. The largest absolute Gasteiger partial charge is 0.506 e. The Kier molecular flexibility index (Phi) is 5.10. The van der Waals surface area contributed by atoms with Gasteiger partial charge in [0.1, 0.15) is 5.75 Å². The molecule has 3 nitrogen and oxygen atoms in total. The summed E-state index contributed by atoms with van der Waals surface area (Å²) in [4.78, 5) is 14.7. The van der Waals surface area contributed by atoms with E-state index in [9.17, 15) is 9.90 Å². The SMILES string of the molecule is O=C1/C(=C\c2cc(Br)c(O)c(I)c2)SC(=S)N1c1ccccc1. The van der Waals surface area contributed by atoms with Gasteiger partial charge in [-0.15, -0.1) is 0 Å². The molecule has 0 radical (unpaired) electrons. The highest BCUT2D eigenvalue weighted by atomic mass is 127. The number of amides is 1. The monoisotopic (exact) mass is 517 g/mol. The van der Waals surface area contributed by atoms with Crippen molar-refractivity contribution in [1.82, 2.24) is 0 Å². The van der Waals surface area contributed by atoms with Crippen LogP contribution < -0.4 is 4.90 Å². The minimum Gasteiger partial charge on any atom is -0.506 e. The Morgan fingerprint density at radius 2 is 1.96 bits per heavy atom. The Bertz CT molecular complexity index is 816. The van der Waals surface area contributed by atoms with Crippen molar-refractivity contribution in [3.63, 3.8) is 0 Å². The molecule has 23 heavy (non-hydrogen) atoms. The third-order valence-electron chi connectivity index (χ3n) is 3.15. The van der Waals surface area contributed by atoms with Crippen LogP contribution in [-0.2, 0) is 4.79 Å². The van der Waals surface area contributed by atoms with Crippen molar-refractivity contribution < 1.29 is 9.90 Å². The molecule has 0 saturated carbocycles. The van der Waals surface area contributed by atoms with Gasteiger partial charge < -0.3 is 5.11 Å². The predicted molar refractivity (Wildman–Crippen MR) is 111 cm³/mol. The summed E-state index contributed by atoms with van der Waals surface area (Å²) in [7, 11) is 0. The zero-order chi connectivity index (χ0) is 16.6. The Morgan fingerprint density at radius 1 is 1.26 bits per heavy atom. The molecule has 0 spiro atoms. The minimum atomic E-state index is -0.134. The average molecular weight is 518 g/mol. The van der Waals surface area contributed by atoms with Crippen LogP contribution in [0.1, 0.15) is 5.56 Å². The van der Waals surface area contributed by atoms with E-state index >= 15 is 0 Å². The molecule has 116 valence electrons. The van der Waals surface area contributed by atoms with Crippen molar-refractivity contribution in [2.45, 2.75) is 0 Å². The van der Waals surface area contributed by atoms with Crippen LogP contribution in [-0.4, -0.2) is 15.3 Å². The topological polar surface area (TPSA) is 40.5 Å². The van der Waals surface area contributed by atoms with Gasteiger partial charge in [0.15, 0.2) is 4.32 Å². The second-order valence-electron chi connectivity index (χ2n) is 4.69. The number of nitrogens with zero attached hydrogens (tertiary/aromatic N) is 1.